The van der Waals surface area contributed by atoms with Crippen LogP contribution in [-0.2, 0) is 16.4 Å². The lowest BCUT2D eigenvalue weighted by atomic mass is 10.0. The first-order valence-corrected chi connectivity index (χ1v) is 12.6. The number of carbonyl (C=O) groups excluding carboxylic acids is 1. The van der Waals surface area contributed by atoms with Gasteiger partial charge in [0.15, 0.2) is 11.6 Å². The van der Waals surface area contributed by atoms with Gasteiger partial charge in [0.2, 0.25) is 0 Å². The zero-order valence-electron chi connectivity index (χ0n) is 19.6. The molecule has 0 bridgehead atoms. The number of urea groups is 1. The molecule has 4 rings (SSSR count). The van der Waals surface area contributed by atoms with Crippen molar-refractivity contribution in [3.63, 3.8) is 0 Å². The summed E-state index contributed by atoms with van der Waals surface area (Å²) in [5.74, 6) is -2.50. The number of rotatable bonds is 7. The molecule has 0 unspecified atom stereocenters. The molecule has 0 atom stereocenters. The summed E-state index contributed by atoms with van der Waals surface area (Å²) in [5, 5.41) is 7.14. The number of halogens is 2. The largest absolute Gasteiger partial charge is 0.337 e. The number of amides is 2. The van der Waals surface area contributed by atoms with Gasteiger partial charge in [-0.15, -0.1) is 0 Å². The van der Waals surface area contributed by atoms with E-state index in [4.69, 9.17) is 5.10 Å². The van der Waals surface area contributed by atoms with E-state index in [1.165, 1.54) is 0 Å². The van der Waals surface area contributed by atoms with Crippen LogP contribution < -0.4 is 10.0 Å². The van der Waals surface area contributed by atoms with Crippen molar-refractivity contribution in [2.45, 2.75) is 25.2 Å². The molecule has 0 spiro atoms. The molecule has 0 aliphatic rings. The van der Waals surface area contributed by atoms with Crippen LogP contribution in [0.25, 0.3) is 16.8 Å². The lowest BCUT2D eigenvalue weighted by Crippen LogP contribution is -2.40. The third-order valence-electron chi connectivity index (χ3n) is 5.66. The van der Waals surface area contributed by atoms with Gasteiger partial charge in [0.05, 0.1) is 16.3 Å². The van der Waals surface area contributed by atoms with E-state index in [-0.39, 0.29) is 6.54 Å². The quantitative estimate of drug-likeness (QED) is 0.378. The Morgan fingerprint density at radius 2 is 1.64 bits per heavy atom. The molecule has 4 aromatic rings. The molecular formula is C26H24F2N4O3S. The molecule has 0 saturated carbocycles. The Morgan fingerprint density at radius 1 is 0.944 bits per heavy atom. The molecule has 2 amide bonds. The Balaban J connectivity index is 1.36. The van der Waals surface area contributed by atoms with Gasteiger partial charge in [0.25, 0.3) is 10.0 Å². The second-order valence-corrected chi connectivity index (χ2v) is 9.86. The topological polar surface area (TPSA) is 93.1 Å². The molecule has 0 aliphatic carbocycles. The first-order valence-electron chi connectivity index (χ1n) is 11.1. The average Bonchev–Trinajstić information content (AvgIpc) is 3.15. The minimum Gasteiger partial charge on any atom is -0.337 e. The first-order chi connectivity index (χ1) is 17.2. The van der Waals surface area contributed by atoms with Crippen molar-refractivity contribution in [3.05, 3.63) is 101 Å². The molecular weight excluding hydrogens is 486 g/mol. The third-order valence-corrected chi connectivity index (χ3v) is 6.99. The Bertz CT molecular complexity index is 1500. The van der Waals surface area contributed by atoms with Gasteiger partial charge in [-0.1, -0.05) is 42.5 Å². The Kier molecular flexibility index (Phi) is 7.16. The minimum absolute atomic E-state index is 0.163. The van der Waals surface area contributed by atoms with Crippen LogP contribution in [-0.4, -0.2) is 30.8 Å². The summed E-state index contributed by atoms with van der Waals surface area (Å²) in [4.78, 5) is 11.5. The number of hydrogen-bond acceptors (Lipinski definition) is 4. The lowest BCUT2D eigenvalue weighted by molar-refractivity contribution is 0.246. The number of nitrogens with one attached hydrogen (secondary N) is 2. The highest BCUT2D eigenvalue weighted by atomic mass is 32.2. The van der Waals surface area contributed by atoms with Gasteiger partial charge in [0, 0.05) is 17.8 Å². The van der Waals surface area contributed by atoms with Crippen LogP contribution in [0.2, 0.25) is 0 Å². The van der Waals surface area contributed by atoms with Gasteiger partial charge in [0.1, 0.15) is 0 Å². The lowest BCUT2D eigenvalue weighted by Gasteiger charge is -2.10. The molecule has 2 N–H and O–H groups in total. The molecule has 10 heteroatoms. The van der Waals surface area contributed by atoms with Crippen LogP contribution in [0.4, 0.5) is 13.6 Å². The first kappa shape index (κ1) is 25.1. The van der Waals surface area contributed by atoms with Crippen LogP contribution in [0, 0.1) is 25.5 Å². The van der Waals surface area contributed by atoms with Crippen molar-refractivity contribution in [1.82, 2.24) is 19.8 Å². The number of carbonyl (C=O) groups is 1. The predicted molar refractivity (Wildman–Crippen MR) is 132 cm³/mol. The number of aromatic nitrogens is 2. The number of benzene rings is 3. The summed E-state index contributed by atoms with van der Waals surface area (Å²) in [5.41, 5.74) is 5.96. The highest BCUT2D eigenvalue weighted by molar-refractivity contribution is 7.90. The van der Waals surface area contributed by atoms with Crippen molar-refractivity contribution in [1.29, 1.82) is 0 Å². The van der Waals surface area contributed by atoms with E-state index in [1.54, 1.807) is 4.72 Å². The molecule has 36 heavy (non-hydrogen) atoms. The number of nitrogens with zero attached hydrogens (tertiary/aromatic N) is 2. The van der Waals surface area contributed by atoms with Crippen molar-refractivity contribution in [3.8, 4) is 16.8 Å². The fourth-order valence-corrected chi connectivity index (χ4v) is 4.84. The fourth-order valence-electron chi connectivity index (χ4n) is 3.90. The zero-order valence-corrected chi connectivity index (χ0v) is 20.4. The van der Waals surface area contributed by atoms with E-state index in [9.17, 15) is 22.0 Å². The summed E-state index contributed by atoms with van der Waals surface area (Å²) in [7, 11) is -4.33. The average molecular weight is 511 g/mol. The molecule has 186 valence electrons. The molecule has 7 nitrogen and oxygen atoms in total. The van der Waals surface area contributed by atoms with E-state index >= 15 is 0 Å². The van der Waals surface area contributed by atoms with Gasteiger partial charge in [-0.3, -0.25) is 0 Å². The maximum atomic E-state index is 13.3. The standard InChI is InChI=1S/C26H24F2N4O3S/c1-17-25(20-6-4-3-5-7-20)18(2)32(30-17)21-10-8-19(9-11-21)14-15-29-26(33)31-36(34,35)22-12-13-23(27)24(28)16-22/h3-13,16H,14-15H2,1-2H3,(H2,29,31,33). The number of sulfonamides is 1. The summed E-state index contributed by atoms with van der Waals surface area (Å²) >= 11 is 0. The molecule has 1 aromatic heterocycles. The van der Waals surface area contributed by atoms with E-state index in [1.807, 2.05) is 61.0 Å². The SMILES string of the molecule is Cc1nn(-c2ccc(CCNC(=O)NS(=O)(=O)c3ccc(F)c(F)c3)cc2)c(C)c1-c1ccccc1. The maximum absolute atomic E-state index is 13.3. The Morgan fingerprint density at radius 3 is 2.31 bits per heavy atom. The van der Waals surface area contributed by atoms with Gasteiger partial charge in [-0.05, 0) is 61.7 Å². The molecule has 0 saturated heterocycles. The number of aryl methyl sites for hydroxylation is 1. The Hall–Kier alpha value is -4.05. The maximum Gasteiger partial charge on any atom is 0.328 e. The highest BCUT2D eigenvalue weighted by Crippen LogP contribution is 2.28. The minimum atomic E-state index is -4.33. The van der Waals surface area contributed by atoms with Crippen molar-refractivity contribution in [2.75, 3.05) is 6.54 Å². The molecule has 1 heterocycles. The normalized spacial score (nSPS) is 11.3. The van der Waals surface area contributed by atoms with Crippen LogP contribution >= 0.6 is 0 Å². The monoisotopic (exact) mass is 510 g/mol. The molecule has 3 aromatic carbocycles. The van der Waals surface area contributed by atoms with Crippen LogP contribution in [0.5, 0.6) is 0 Å². The van der Waals surface area contributed by atoms with E-state index < -0.39 is 32.6 Å². The second kappa shape index (κ2) is 10.3. The molecule has 0 aliphatic heterocycles. The predicted octanol–water partition coefficient (Wildman–Crippen LogP) is 4.66. The summed E-state index contributed by atoms with van der Waals surface area (Å²) in [6, 6.07) is 18.8. The van der Waals surface area contributed by atoms with Crippen LogP contribution in [0.1, 0.15) is 17.0 Å². The van der Waals surface area contributed by atoms with E-state index in [2.05, 4.69) is 17.4 Å². The smallest absolute Gasteiger partial charge is 0.328 e. The van der Waals surface area contributed by atoms with Gasteiger partial charge >= 0.3 is 6.03 Å². The van der Waals surface area contributed by atoms with E-state index in [0.29, 0.717) is 18.6 Å². The number of hydrogen-bond donors (Lipinski definition) is 2. The summed E-state index contributed by atoms with van der Waals surface area (Å²) in [6.07, 6.45) is 0.450. The van der Waals surface area contributed by atoms with Gasteiger partial charge in [-0.25, -0.2) is 31.4 Å². The molecule has 0 radical (unpaired) electrons. The van der Waals surface area contributed by atoms with Crippen molar-refractivity contribution in [2.24, 2.45) is 0 Å². The van der Waals surface area contributed by atoms with Crippen molar-refractivity contribution >= 4 is 16.1 Å². The summed E-state index contributed by atoms with van der Waals surface area (Å²) in [6.45, 7) is 4.16. The zero-order chi connectivity index (χ0) is 25.9. The summed E-state index contributed by atoms with van der Waals surface area (Å²) < 4.78 is 54.4. The highest BCUT2D eigenvalue weighted by Gasteiger charge is 2.19. The molecule has 0 fully saturated rings. The second-order valence-electron chi connectivity index (χ2n) is 8.18. The fraction of sp³-hybridized carbons (Fsp3) is 0.154. The van der Waals surface area contributed by atoms with Gasteiger partial charge < -0.3 is 5.32 Å². The van der Waals surface area contributed by atoms with Crippen molar-refractivity contribution < 1.29 is 22.0 Å². The Labute approximate surface area is 207 Å². The van der Waals surface area contributed by atoms with Crippen LogP contribution in [0.15, 0.2) is 77.7 Å². The van der Waals surface area contributed by atoms with Crippen LogP contribution in [0.3, 0.4) is 0 Å². The van der Waals surface area contributed by atoms with E-state index in [0.717, 1.165) is 39.8 Å². The third kappa shape index (κ3) is 5.44. The van der Waals surface area contributed by atoms with Gasteiger partial charge in [-0.2, -0.15) is 5.10 Å².